The van der Waals surface area contributed by atoms with Gasteiger partial charge in [-0.3, -0.25) is 4.57 Å². The van der Waals surface area contributed by atoms with Crippen LogP contribution < -0.4 is 4.74 Å². The van der Waals surface area contributed by atoms with Crippen molar-refractivity contribution in [3.8, 4) is 5.88 Å². The highest BCUT2D eigenvalue weighted by Gasteiger charge is 2.58. The lowest BCUT2D eigenvalue weighted by atomic mass is 9.99. The van der Waals surface area contributed by atoms with Crippen LogP contribution in [0.2, 0.25) is 36.3 Å². The standard InChI is InChI=1S/C36H61BrN4O8Si2/c1-20(2)34(6,7)51(14,15)42-17-21-16-22(26-25(21)46-35(8,9)47-26)44-30-24-29(38-19-39-30)41(32(37)40-24)31-28-27(48-36(10,11)49-28)23(45-31)18-43-50(12,13)33(3,4)5/h19-23,25-28,31H,16-18H2,1-15H3/t21-,22-,23-,25-,26+,27-,28-,31-/m1/s1. The summed E-state index contributed by atoms with van der Waals surface area (Å²) in [5.41, 5.74) is 1.09. The highest BCUT2D eigenvalue weighted by Crippen LogP contribution is 2.49. The average Bonchev–Trinajstić information content (AvgIpc) is 3.75. The molecule has 4 fully saturated rings. The lowest BCUT2D eigenvalue weighted by Gasteiger charge is -2.43. The number of fused-ring (bicyclic) bond motifs is 3. The molecule has 0 amide bonds. The summed E-state index contributed by atoms with van der Waals surface area (Å²) in [6.45, 7) is 33.8. The molecule has 15 heteroatoms. The number of aromatic nitrogens is 4. The third-order valence-corrected chi connectivity index (χ3v) is 22.3. The first-order chi connectivity index (χ1) is 23.3. The van der Waals surface area contributed by atoms with E-state index in [0.29, 0.717) is 47.3 Å². The highest BCUT2D eigenvalue weighted by atomic mass is 79.9. The number of hydrogen-bond acceptors (Lipinski definition) is 11. The molecule has 6 rings (SSSR count). The molecule has 2 aromatic rings. The van der Waals surface area contributed by atoms with Crippen molar-refractivity contribution in [3.05, 3.63) is 11.1 Å². The van der Waals surface area contributed by atoms with Crippen molar-refractivity contribution < 1.29 is 37.3 Å². The Morgan fingerprint density at radius 3 is 2.08 bits per heavy atom. The van der Waals surface area contributed by atoms with Crippen molar-refractivity contribution in [1.82, 2.24) is 19.5 Å². The van der Waals surface area contributed by atoms with Crippen molar-refractivity contribution in [2.75, 3.05) is 13.2 Å². The minimum Gasteiger partial charge on any atom is -0.470 e. The van der Waals surface area contributed by atoms with Crippen LogP contribution in [0.15, 0.2) is 11.1 Å². The molecule has 1 saturated carbocycles. The minimum absolute atomic E-state index is 0.0639. The van der Waals surface area contributed by atoms with Crippen LogP contribution in [0, 0.1) is 11.8 Å². The maximum absolute atomic E-state index is 6.83. The molecule has 3 aliphatic heterocycles. The zero-order valence-corrected chi connectivity index (χ0v) is 36.9. The van der Waals surface area contributed by atoms with Crippen molar-refractivity contribution in [2.45, 2.75) is 173 Å². The number of hydrogen-bond donors (Lipinski definition) is 0. The topological polar surface area (TPSA) is 117 Å². The van der Waals surface area contributed by atoms with Crippen molar-refractivity contribution in [3.63, 3.8) is 0 Å². The van der Waals surface area contributed by atoms with Crippen LogP contribution in [0.5, 0.6) is 5.88 Å². The molecule has 3 saturated heterocycles. The van der Waals surface area contributed by atoms with E-state index < -0.39 is 40.5 Å². The lowest BCUT2D eigenvalue weighted by Crippen LogP contribution is -2.46. The normalized spacial score (nSPS) is 32.3. The number of imidazole rings is 1. The van der Waals surface area contributed by atoms with Gasteiger partial charge in [-0.1, -0.05) is 48.5 Å². The molecule has 0 N–H and O–H groups in total. The second kappa shape index (κ2) is 13.3. The van der Waals surface area contributed by atoms with Crippen LogP contribution in [0.1, 0.15) is 88.8 Å². The fraction of sp³-hybridized carbons (Fsp3) is 0.861. The van der Waals surface area contributed by atoms with Gasteiger partial charge in [0, 0.05) is 12.5 Å². The van der Waals surface area contributed by atoms with E-state index in [-0.39, 0.29) is 46.5 Å². The second-order valence-electron chi connectivity index (χ2n) is 18.7. The van der Waals surface area contributed by atoms with E-state index in [0.717, 1.165) is 0 Å². The van der Waals surface area contributed by atoms with E-state index >= 15 is 0 Å². The second-order valence-corrected chi connectivity index (χ2v) is 28.8. The Hall–Kier alpha value is -1.02. The summed E-state index contributed by atoms with van der Waals surface area (Å²) in [6, 6.07) is 0. The van der Waals surface area contributed by atoms with E-state index in [1.54, 1.807) is 0 Å². The Morgan fingerprint density at radius 1 is 0.863 bits per heavy atom. The van der Waals surface area contributed by atoms with Gasteiger partial charge >= 0.3 is 0 Å². The summed E-state index contributed by atoms with van der Waals surface area (Å²) < 4.78 is 55.2. The van der Waals surface area contributed by atoms with Crippen LogP contribution in [0.3, 0.4) is 0 Å². The zero-order chi connectivity index (χ0) is 37.7. The summed E-state index contributed by atoms with van der Waals surface area (Å²) >= 11 is 3.71. The van der Waals surface area contributed by atoms with Gasteiger partial charge in [-0.2, -0.15) is 4.98 Å². The molecule has 1 aliphatic carbocycles. The number of rotatable bonds is 11. The first-order valence-corrected chi connectivity index (χ1v) is 25.1. The predicted molar refractivity (Wildman–Crippen MR) is 203 cm³/mol. The predicted octanol–water partition coefficient (Wildman–Crippen LogP) is 7.97. The summed E-state index contributed by atoms with van der Waals surface area (Å²) in [5.74, 6) is -0.515. The van der Waals surface area contributed by atoms with Gasteiger partial charge in [0.15, 0.2) is 50.3 Å². The number of ether oxygens (including phenoxy) is 6. The van der Waals surface area contributed by atoms with Gasteiger partial charge in [0.2, 0.25) is 5.88 Å². The van der Waals surface area contributed by atoms with Gasteiger partial charge < -0.3 is 37.3 Å². The highest BCUT2D eigenvalue weighted by molar-refractivity contribution is 9.10. The van der Waals surface area contributed by atoms with E-state index in [1.165, 1.54) is 6.33 Å². The first-order valence-electron chi connectivity index (χ1n) is 18.5. The van der Waals surface area contributed by atoms with Gasteiger partial charge in [0.1, 0.15) is 36.8 Å². The molecule has 4 aliphatic rings. The number of nitrogens with zero attached hydrogens (tertiary/aromatic N) is 4. The SMILES string of the molecule is CC(C)C(C)(C)[Si](C)(C)OC[C@H]1C[C@@H](Oc2ncnc3c2nc(Br)n3[C@@H]2O[C@H](CO[Si](C)(C)C(C)(C)C)[C@H]3OC(C)(C)O[C@H]32)[C@@H]2OC(C)(C)O[C@H]12. The largest absolute Gasteiger partial charge is 0.470 e. The molecule has 5 heterocycles. The van der Waals surface area contributed by atoms with Crippen LogP contribution in [0.4, 0.5) is 0 Å². The maximum Gasteiger partial charge on any atom is 0.245 e. The molecule has 0 aromatic carbocycles. The summed E-state index contributed by atoms with van der Waals surface area (Å²) in [4.78, 5) is 14.1. The van der Waals surface area contributed by atoms with Crippen molar-refractivity contribution >= 4 is 43.7 Å². The molecule has 0 spiro atoms. The van der Waals surface area contributed by atoms with E-state index in [4.69, 9.17) is 42.3 Å². The van der Waals surface area contributed by atoms with Gasteiger partial charge in [0.25, 0.3) is 0 Å². The fourth-order valence-corrected chi connectivity index (χ4v) is 11.3. The molecule has 8 atom stereocenters. The average molecular weight is 814 g/mol. The van der Waals surface area contributed by atoms with Crippen LogP contribution >= 0.6 is 15.9 Å². The Labute approximate surface area is 314 Å². The molecule has 12 nitrogen and oxygen atoms in total. The van der Waals surface area contributed by atoms with E-state index in [2.05, 4.69) is 101 Å². The molecule has 288 valence electrons. The Kier molecular flexibility index (Phi) is 10.4. The molecule has 2 aromatic heterocycles. The Bertz CT molecular complexity index is 1590. The maximum atomic E-state index is 6.83. The molecule has 0 radical (unpaired) electrons. The molecular formula is C36H61BrN4O8Si2. The fourth-order valence-electron chi connectivity index (χ4n) is 7.34. The van der Waals surface area contributed by atoms with E-state index in [9.17, 15) is 0 Å². The zero-order valence-electron chi connectivity index (χ0n) is 33.3. The van der Waals surface area contributed by atoms with Crippen LogP contribution in [-0.2, 0) is 32.5 Å². The quantitative estimate of drug-likeness (QED) is 0.163. The van der Waals surface area contributed by atoms with Gasteiger partial charge in [0.05, 0.1) is 12.7 Å². The van der Waals surface area contributed by atoms with Crippen LogP contribution in [0.25, 0.3) is 11.2 Å². The molecule has 0 unspecified atom stereocenters. The Balaban J connectivity index is 1.24. The summed E-state index contributed by atoms with van der Waals surface area (Å²) in [6.07, 6.45) is -0.175. The number of halogens is 1. The Morgan fingerprint density at radius 2 is 1.45 bits per heavy atom. The third kappa shape index (κ3) is 7.39. The lowest BCUT2D eigenvalue weighted by molar-refractivity contribution is -0.199. The van der Waals surface area contributed by atoms with E-state index in [1.807, 2.05) is 32.3 Å². The van der Waals surface area contributed by atoms with Crippen molar-refractivity contribution in [1.29, 1.82) is 0 Å². The van der Waals surface area contributed by atoms with Crippen molar-refractivity contribution in [2.24, 2.45) is 11.8 Å². The summed E-state index contributed by atoms with van der Waals surface area (Å²) in [5, 5.41) is 0.173. The molecule has 0 bridgehead atoms. The summed E-state index contributed by atoms with van der Waals surface area (Å²) in [7, 11) is -4.09. The molecular weight excluding hydrogens is 752 g/mol. The first kappa shape index (κ1) is 39.7. The van der Waals surface area contributed by atoms with Gasteiger partial charge in [-0.25, -0.2) is 9.97 Å². The third-order valence-electron chi connectivity index (χ3n) is 12.6. The minimum atomic E-state index is -2.05. The van der Waals surface area contributed by atoms with Gasteiger partial charge in [-0.05, 0) is 92.2 Å². The smallest absolute Gasteiger partial charge is 0.245 e. The monoisotopic (exact) mass is 812 g/mol. The van der Waals surface area contributed by atoms with Gasteiger partial charge in [-0.15, -0.1) is 0 Å². The van der Waals surface area contributed by atoms with Crippen LogP contribution in [-0.4, -0.2) is 97.6 Å². The molecule has 51 heavy (non-hydrogen) atoms.